The van der Waals surface area contributed by atoms with E-state index in [9.17, 15) is 13.2 Å². The van der Waals surface area contributed by atoms with Crippen LogP contribution in [0.15, 0.2) is 44.9 Å². The van der Waals surface area contributed by atoms with Crippen molar-refractivity contribution >= 4 is 55.5 Å². The van der Waals surface area contributed by atoms with Crippen LogP contribution in [-0.2, 0) is 15.8 Å². The van der Waals surface area contributed by atoms with E-state index in [0.717, 1.165) is 22.9 Å². The largest absolute Gasteiger partial charge is 0.495 e. The molecule has 0 spiro atoms. The van der Waals surface area contributed by atoms with E-state index in [0.29, 0.717) is 18.2 Å². The number of sulfonamides is 1. The van der Waals surface area contributed by atoms with Gasteiger partial charge in [-0.25, -0.2) is 8.42 Å². The van der Waals surface area contributed by atoms with Crippen LogP contribution in [0.25, 0.3) is 0 Å². The molecule has 1 aromatic carbocycles. The molecular formula is C19H20N4O4S4. The predicted molar refractivity (Wildman–Crippen MR) is 123 cm³/mol. The number of amides is 1. The van der Waals surface area contributed by atoms with E-state index >= 15 is 0 Å². The average molecular weight is 497 g/mol. The molecule has 0 bridgehead atoms. The number of rotatable bonds is 8. The molecule has 1 aliphatic heterocycles. The van der Waals surface area contributed by atoms with Gasteiger partial charge in [0.1, 0.15) is 10.6 Å². The number of hydrogen-bond acceptors (Lipinski definition) is 9. The summed E-state index contributed by atoms with van der Waals surface area (Å²) in [5.74, 6) is 0.550. The van der Waals surface area contributed by atoms with Crippen molar-refractivity contribution in [2.75, 3.05) is 25.5 Å². The Labute approximate surface area is 192 Å². The number of nitrogens with zero attached hydrogens (tertiary/aromatic N) is 3. The van der Waals surface area contributed by atoms with Crippen molar-refractivity contribution in [2.45, 2.75) is 27.8 Å². The SMILES string of the molecule is COc1ccc(C(=O)Nc2nnc(SCc3cccs3)s2)cc1S(=O)(=O)N1CCCC1. The maximum atomic E-state index is 13.0. The van der Waals surface area contributed by atoms with Gasteiger partial charge >= 0.3 is 0 Å². The summed E-state index contributed by atoms with van der Waals surface area (Å²) in [5, 5.41) is 13.2. The van der Waals surface area contributed by atoms with Crippen LogP contribution in [0.2, 0.25) is 0 Å². The molecule has 0 saturated carbocycles. The van der Waals surface area contributed by atoms with Crippen molar-refractivity contribution in [2.24, 2.45) is 0 Å². The van der Waals surface area contributed by atoms with Gasteiger partial charge in [0.2, 0.25) is 15.2 Å². The van der Waals surface area contributed by atoms with E-state index in [1.165, 1.54) is 45.8 Å². The van der Waals surface area contributed by atoms with E-state index in [-0.39, 0.29) is 16.2 Å². The quantitative estimate of drug-likeness (QED) is 0.372. The number of thioether (sulfide) groups is 1. The Balaban J connectivity index is 1.48. The molecule has 3 aromatic rings. The average Bonchev–Trinajstić information content (AvgIpc) is 3.54. The second kappa shape index (κ2) is 9.65. The Morgan fingerprint density at radius 3 is 2.77 bits per heavy atom. The molecule has 8 nitrogen and oxygen atoms in total. The van der Waals surface area contributed by atoms with Crippen LogP contribution in [0.1, 0.15) is 28.1 Å². The molecular weight excluding hydrogens is 477 g/mol. The number of anilines is 1. The van der Waals surface area contributed by atoms with E-state index in [1.54, 1.807) is 23.1 Å². The third kappa shape index (κ3) is 5.09. The van der Waals surface area contributed by atoms with Crippen LogP contribution >= 0.6 is 34.4 Å². The van der Waals surface area contributed by atoms with Gasteiger partial charge < -0.3 is 4.74 Å². The van der Waals surface area contributed by atoms with Crippen LogP contribution in [0.5, 0.6) is 5.75 Å². The van der Waals surface area contributed by atoms with Crippen molar-refractivity contribution in [1.82, 2.24) is 14.5 Å². The molecule has 1 aliphatic rings. The Kier molecular flexibility index (Phi) is 6.92. The summed E-state index contributed by atoms with van der Waals surface area (Å²) in [7, 11) is -2.32. The smallest absolute Gasteiger partial charge is 0.257 e. The first-order chi connectivity index (χ1) is 15.0. The molecule has 0 radical (unpaired) electrons. The van der Waals surface area contributed by atoms with E-state index in [4.69, 9.17) is 4.74 Å². The molecule has 1 fully saturated rings. The fourth-order valence-corrected chi connectivity index (χ4v) is 7.32. The van der Waals surface area contributed by atoms with Gasteiger partial charge in [-0.2, -0.15) is 4.31 Å². The van der Waals surface area contributed by atoms with Gasteiger partial charge in [0, 0.05) is 29.3 Å². The number of hydrogen-bond donors (Lipinski definition) is 1. The van der Waals surface area contributed by atoms with Crippen LogP contribution in [0.4, 0.5) is 5.13 Å². The van der Waals surface area contributed by atoms with Gasteiger partial charge in [0.15, 0.2) is 4.34 Å². The number of methoxy groups -OCH3 is 1. The van der Waals surface area contributed by atoms with Gasteiger partial charge in [-0.15, -0.1) is 21.5 Å². The van der Waals surface area contributed by atoms with Crippen LogP contribution in [0, 0.1) is 0 Å². The third-order valence-electron chi connectivity index (χ3n) is 4.65. The van der Waals surface area contributed by atoms with Crippen molar-refractivity contribution in [3.8, 4) is 5.75 Å². The summed E-state index contributed by atoms with van der Waals surface area (Å²) in [4.78, 5) is 14.0. The molecule has 1 amide bonds. The Hall–Kier alpha value is -1.99. The molecule has 31 heavy (non-hydrogen) atoms. The first-order valence-corrected chi connectivity index (χ1v) is 13.6. The lowest BCUT2D eigenvalue weighted by Crippen LogP contribution is -2.28. The minimum Gasteiger partial charge on any atom is -0.495 e. The lowest BCUT2D eigenvalue weighted by molar-refractivity contribution is 0.102. The summed E-state index contributed by atoms with van der Waals surface area (Å²) in [6.45, 7) is 0.942. The lowest BCUT2D eigenvalue weighted by atomic mass is 10.2. The highest BCUT2D eigenvalue weighted by molar-refractivity contribution is 8.00. The van der Waals surface area contributed by atoms with Gasteiger partial charge in [-0.05, 0) is 42.5 Å². The predicted octanol–water partition coefficient (Wildman–Crippen LogP) is 3.94. The topological polar surface area (TPSA) is 101 Å². The highest BCUT2D eigenvalue weighted by Gasteiger charge is 2.30. The molecule has 12 heteroatoms. The van der Waals surface area contributed by atoms with E-state index < -0.39 is 15.9 Å². The monoisotopic (exact) mass is 496 g/mol. The van der Waals surface area contributed by atoms with Crippen LogP contribution in [0.3, 0.4) is 0 Å². The molecule has 1 saturated heterocycles. The van der Waals surface area contributed by atoms with Gasteiger partial charge in [-0.3, -0.25) is 10.1 Å². The molecule has 1 N–H and O–H groups in total. The van der Waals surface area contributed by atoms with Gasteiger partial charge in [-0.1, -0.05) is 29.2 Å². The Morgan fingerprint density at radius 1 is 1.26 bits per heavy atom. The van der Waals surface area contributed by atoms with Crippen molar-refractivity contribution in [1.29, 1.82) is 0 Å². The number of thiophene rings is 1. The number of nitrogens with one attached hydrogen (secondary N) is 1. The Bertz CT molecular complexity index is 1160. The minimum atomic E-state index is -3.73. The molecule has 164 valence electrons. The molecule has 2 aromatic heterocycles. The zero-order valence-electron chi connectivity index (χ0n) is 16.6. The maximum Gasteiger partial charge on any atom is 0.257 e. The van der Waals surface area contributed by atoms with Crippen LogP contribution in [-0.4, -0.2) is 49.0 Å². The fraction of sp³-hybridized carbons (Fsp3) is 0.316. The number of aromatic nitrogens is 2. The highest BCUT2D eigenvalue weighted by atomic mass is 32.2. The third-order valence-corrected chi connectivity index (χ3v) is 9.65. The van der Waals surface area contributed by atoms with Gasteiger partial charge in [0.25, 0.3) is 5.91 Å². The molecule has 0 aliphatic carbocycles. The number of ether oxygens (including phenoxy) is 1. The number of benzene rings is 1. The fourth-order valence-electron chi connectivity index (χ4n) is 3.10. The first kappa shape index (κ1) is 22.2. The summed E-state index contributed by atoms with van der Waals surface area (Å²) in [5.41, 5.74) is 0.210. The molecule has 0 unspecified atom stereocenters. The van der Waals surface area contributed by atoms with Crippen molar-refractivity contribution < 1.29 is 17.9 Å². The molecule has 4 rings (SSSR count). The number of carbonyl (C=O) groups is 1. The second-order valence-electron chi connectivity index (χ2n) is 6.67. The van der Waals surface area contributed by atoms with Gasteiger partial charge in [0.05, 0.1) is 7.11 Å². The van der Waals surface area contributed by atoms with E-state index in [2.05, 4.69) is 21.6 Å². The zero-order chi connectivity index (χ0) is 21.8. The Morgan fingerprint density at radius 2 is 2.06 bits per heavy atom. The molecule has 0 atom stereocenters. The second-order valence-corrected chi connectivity index (χ2v) is 11.8. The summed E-state index contributed by atoms with van der Waals surface area (Å²) < 4.78 is 33.4. The standard InChI is InChI=1S/C19H20N4O4S4/c1-27-15-7-6-13(11-16(15)31(25,26)23-8-2-3-9-23)17(24)20-18-21-22-19(30-18)29-12-14-5-4-10-28-14/h4-7,10-11H,2-3,8-9,12H2,1H3,(H,20,21,24). The van der Waals surface area contributed by atoms with Crippen LogP contribution < -0.4 is 10.1 Å². The molecule has 3 heterocycles. The summed E-state index contributed by atoms with van der Waals surface area (Å²) in [6, 6.07) is 8.44. The minimum absolute atomic E-state index is 0.00555. The normalized spacial score (nSPS) is 14.6. The first-order valence-electron chi connectivity index (χ1n) is 9.45. The van der Waals surface area contributed by atoms with Crippen molar-refractivity contribution in [3.05, 3.63) is 46.2 Å². The summed E-state index contributed by atoms with van der Waals surface area (Å²) >= 11 is 4.50. The maximum absolute atomic E-state index is 13.0. The van der Waals surface area contributed by atoms with E-state index in [1.807, 2.05) is 11.4 Å². The highest BCUT2D eigenvalue weighted by Crippen LogP contribution is 2.32. The summed E-state index contributed by atoms with van der Waals surface area (Å²) in [6.07, 6.45) is 1.65. The lowest BCUT2D eigenvalue weighted by Gasteiger charge is -2.18. The van der Waals surface area contributed by atoms with Crippen molar-refractivity contribution in [3.63, 3.8) is 0 Å². The number of carbonyl (C=O) groups excluding carboxylic acids is 1. The zero-order valence-corrected chi connectivity index (χ0v) is 19.9.